The van der Waals surface area contributed by atoms with Crippen molar-refractivity contribution in [3.05, 3.63) is 17.5 Å². The minimum Gasteiger partial charge on any atom is -0.388 e. The summed E-state index contributed by atoms with van der Waals surface area (Å²) >= 11 is 5.00. The molecule has 3 rings (SSSR count). The van der Waals surface area contributed by atoms with Crippen LogP contribution in [0.25, 0.3) is 0 Å². The van der Waals surface area contributed by atoms with Gasteiger partial charge in [0.05, 0.1) is 12.0 Å². The minimum absolute atomic E-state index is 0.0427. The first-order valence-corrected chi connectivity index (χ1v) is 7.17. The molecule has 2 aliphatic heterocycles. The molecule has 1 aromatic rings. The topological polar surface area (TPSA) is 84.1 Å². The predicted octanol–water partition coefficient (Wildman–Crippen LogP) is 0.134. The lowest BCUT2D eigenvalue weighted by atomic mass is 9.92. The lowest BCUT2D eigenvalue weighted by Crippen LogP contribution is -2.46. The Morgan fingerprint density at radius 2 is 2.35 bits per heavy atom. The number of hydrogen-bond acceptors (Lipinski definition) is 5. The molecule has 0 aliphatic carbocycles. The van der Waals surface area contributed by atoms with Crippen LogP contribution in [0.1, 0.15) is 24.2 Å². The third-order valence-corrected chi connectivity index (χ3v) is 4.16. The van der Waals surface area contributed by atoms with Gasteiger partial charge in [-0.25, -0.2) is 9.97 Å². The fourth-order valence-electron chi connectivity index (χ4n) is 3.01. The molecule has 20 heavy (non-hydrogen) atoms. The Balaban J connectivity index is 1.95. The van der Waals surface area contributed by atoms with Gasteiger partial charge in [0.15, 0.2) is 0 Å². The van der Waals surface area contributed by atoms with Crippen LogP contribution in [0.4, 0.5) is 5.95 Å². The summed E-state index contributed by atoms with van der Waals surface area (Å²) in [5.41, 5.74) is 7.08. The number of thiocarbonyl (C=S) groups is 1. The SMILES string of the molecule is Cc1cc(C(N)=S)nc(N2CCCC3C(=O)NCC32)n1. The third kappa shape index (κ3) is 2.22. The fourth-order valence-corrected chi connectivity index (χ4v) is 3.11. The highest BCUT2D eigenvalue weighted by atomic mass is 32.1. The second-order valence-corrected chi connectivity index (χ2v) is 5.75. The van der Waals surface area contributed by atoms with Crippen LogP contribution in [0.15, 0.2) is 6.07 Å². The molecule has 6 nitrogen and oxygen atoms in total. The fraction of sp³-hybridized carbons (Fsp3) is 0.538. The monoisotopic (exact) mass is 291 g/mol. The molecule has 0 saturated carbocycles. The first kappa shape index (κ1) is 13.2. The number of rotatable bonds is 2. The Kier molecular flexibility index (Phi) is 3.29. The van der Waals surface area contributed by atoms with Crippen molar-refractivity contribution in [2.24, 2.45) is 11.7 Å². The predicted molar refractivity (Wildman–Crippen MR) is 79.5 cm³/mol. The van der Waals surface area contributed by atoms with Crippen LogP contribution in [0.2, 0.25) is 0 Å². The van der Waals surface area contributed by atoms with E-state index in [1.54, 1.807) is 6.07 Å². The normalized spacial score (nSPS) is 25.2. The maximum absolute atomic E-state index is 11.8. The van der Waals surface area contributed by atoms with Crippen molar-refractivity contribution in [2.45, 2.75) is 25.8 Å². The maximum Gasteiger partial charge on any atom is 0.226 e. The van der Waals surface area contributed by atoms with Crippen molar-refractivity contribution in [1.29, 1.82) is 0 Å². The molecule has 2 unspecified atom stereocenters. The molecule has 2 aliphatic rings. The molecular weight excluding hydrogens is 274 g/mol. The number of aromatic nitrogens is 2. The molecule has 106 valence electrons. The largest absolute Gasteiger partial charge is 0.388 e. The van der Waals surface area contributed by atoms with E-state index in [9.17, 15) is 4.79 Å². The molecule has 1 amide bonds. The maximum atomic E-state index is 11.8. The van der Waals surface area contributed by atoms with Gasteiger partial charge in [0, 0.05) is 18.8 Å². The molecule has 0 bridgehead atoms. The summed E-state index contributed by atoms with van der Waals surface area (Å²) in [6.45, 7) is 3.41. The van der Waals surface area contributed by atoms with Crippen LogP contribution in [0.3, 0.4) is 0 Å². The van der Waals surface area contributed by atoms with Crippen molar-refractivity contribution in [3.63, 3.8) is 0 Å². The van der Waals surface area contributed by atoms with Gasteiger partial charge in [0.2, 0.25) is 11.9 Å². The molecule has 3 N–H and O–H groups in total. The van der Waals surface area contributed by atoms with Gasteiger partial charge in [-0.2, -0.15) is 0 Å². The van der Waals surface area contributed by atoms with Crippen molar-refractivity contribution in [2.75, 3.05) is 18.0 Å². The summed E-state index contributed by atoms with van der Waals surface area (Å²) in [6.07, 6.45) is 1.90. The van der Waals surface area contributed by atoms with Gasteiger partial charge >= 0.3 is 0 Å². The summed E-state index contributed by atoms with van der Waals surface area (Å²) in [4.78, 5) is 23.1. The summed E-state index contributed by atoms with van der Waals surface area (Å²) in [5, 5.41) is 2.93. The molecule has 2 atom stereocenters. The van der Waals surface area contributed by atoms with Crippen LogP contribution >= 0.6 is 12.2 Å². The molecule has 0 aromatic carbocycles. The standard InChI is InChI=1S/C13H17N5OS/c1-7-5-9(11(14)20)17-13(16-7)18-4-2-3-8-10(18)6-15-12(8)19/h5,8,10H,2-4,6H2,1H3,(H2,14,20)(H,15,19). The lowest BCUT2D eigenvalue weighted by Gasteiger charge is -2.36. The van der Waals surface area contributed by atoms with Crippen LogP contribution in [0, 0.1) is 12.8 Å². The molecule has 2 fully saturated rings. The minimum atomic E-state index is 0.0427. The lowest BCUT2D eigenvalue weighted by molar-refractivity contribution is -0.123. The third-order valence-electron chi connectivity index (χ3n) is 3.95. The van der Waals surface area contributed by atoms with Crippen molar-refractivity contribution >= 4 is 29.1 Å². The van der Waals surface area contributed by atoms with Crippen LogP contribution in [-0.4, -0.2) is 40.0 Å². The number of amides is 1. The van der Waals surface area contributed by atoms with E-state index in [0.717, 1.165) is 25.1 Å². The molecule has 0 radical (unpaired) electrons. The smallest absolute Gasteiger partial charge is 0.226 e. The Bertz CT molecular complexity index is 576. The number of nitrogens with one attached hydrogen (secondary N) is 1. The van der Waals surface area contributed by atoms with Crippen molar-refractivity contribution < 1.29 is 4.79 Å². The van der Waals surface area contributed by atoms with E-state index in [4.69, 9.17) is 18.0 Å². The van der Waals surface area contributed by atoms with Gasteiger partial charge in [0.1, 0.15) is 10.7 Å². The van der Waals surface area contributed by atoms with Gasteiger partial charge in [-0.15, -0.1) is 0 Å². The van der Waals surface area contributed by atoms with Crippen molar-refractivity contribution in [1.82, 2.24) is 15.3 Å². The number of piperidine rings is 1. The van der Waals surface area contributed by atoms with Crippen LogP contribution in [-0.2, 0) is 4.79 Å². The zero-order valence-corrected chi connectivity index (χ0v) is 12.1. The number of aryl methyl sites for hydroxylation is 1. The Labute approximate surface area is 122 Å². The molecule has 1 aromatic heterocycles. The number of hydrogen-bond donors (Lipinski definition) is 2. The van der Waals surface area contributed by atoms with Gasteiger partial charge in [-0.3, -0.25) is 4.79 Å². The van der Waals surface area contributed by atoms with E-state index in [1.165, 1.54) is 0 Å². The zero-order valence-electron chi connectivity index (χ0n) is 11.3. The quantitative estimate of drug-likeness (QED) is 0.754. The first-order valence-electron chi connectivity index (χ1n) is 6.76. The van der Waals surface area contributed by atoms with E-state index in [-0.39, 0.29) is 22.9 Å². The molecule has 2 saturated heterocycles. The number of fused-ring (bicyclic) bond motifs is 1. The van der Waals surface area contributed by atoms with E-state index < -0.39 is 0 Å². The zero-order chi connectivity index (χ0) is 14.3. The first-order chi connectivity index (χ1) is 9.56. The Hall–Kier alpha value is -1.76. The number of carbonyl (C=O) groups is 1. The summed E-state index contributed by atoms with van der Waals surface area (Å²) in [5.74, 6) is 0.807. The second kappa shape index (κ2) is 4.97. The highest BCUT2D eigenvalue weighted by Gasteiger charge is 2.41. The van der Waals surface area contributed by atoms with E-state index in [1.807, 2.05) is 6.92 Å². The van der Waals surface area contributed by atoms with E-state index in [2.05, 4.69) is 20.2 Å². The average Bonchev–Trinajstić information content (AvgIpc) is 2.80. The molecule has 0 spiro atoms. The molecule has 3 heterocycles. The molecule has 7 heteroatoms. The molecular formula is C13H17N5OS. The van der Waals surface area contributed by atoms with Crippen molar-refractivity contribution in [3.8, 4) is 0 Å². The summed E-state index contributed by atoms with van der Waals surface area (Å²) in [6, 6.07) is 1.92. The van der Waals surface area contributed by atoms with Gasteiger partial charge < -0.3 is 16.0 Å². The van der Waals surface area contributed by atoms with Gasteiger partial charge in [-0.05, 0) is 25.8 Å². The Morgan fingerprint density at radius 1 is 1.55 bits per heavy atom. The van der Waals surface area contributed by atoms with E-state index in [0.29, 0.717) is 18.2 Å². The van der Waals surface area contributed by atoms with Crippen LogP contribution < -0.4 is 16.0 Å². The average molecular weight is 291 g/mol. The number of nitrogens with two attached hydrogens (primary N) is 1. The number of carbonyl (C=O) groups excluding carboxylic acids is 1. The highest BCUT2D eigenvalue weighted by molar-refractivity contribution is 7.80. The number of anilines is 1. The number of nitrogens with zero attached hydrogens (tertiary/aromatic N) is 3. The van der Waals surface area contributed by atoms with Crippen LogP contribution in [0.5, 0.6) is 0 Å². The van der Waals surface area contributed by atoms with Gasteiger partial charge in [-0.1, -0.05) is 12.2 Å². The van der Waals surface area contributed by atoms with Gasteiger partial charge in [0.25, 0.3) is 0 Å². The highest BCUT2D eigenvalue weighted by Crippen LogP contribution is 2.30. The van der Waals surface area contributed by atoms with E-state index >= 15 is 0 Å². The summed E-state index contributed by atoms with van der Waals surface area (Å²) < 4.78 is 0. The Morgan fingerprint density at radius 3 is 3.10 bits per heavy atom. The summed E-state index contributed by atoms with van der Waals surface area (Å²) in [7, 11) is 0. The second-order valence-electron chi connectivity index (χ2n) is 5.31.